The van der Waals surface area contributed by atoms with Gasteiger partial charge in [0.05, 0.1) is 5.69 Å². The maximum atomic E-state index is 13.4. The summed E-state index contributed by atoms with van der Waals surface area (Å²) in [5.41, 5.74) is 1.06. The summed E-state index contributed by atoms with van der Waals surface area (Å²) in [5.74, 6) is -1.27. The fraction of sp³-hybridized carbons (Fsp3) is 0.200. The van der Waals surface area contributed by atoms with Gasteiger partial charge in [0.2, 0.25) is 0 Å². The van der Waals surface area contributed by atoms with Crippen LogP contribution in [0.2, 0.25) is 0 Å². The zero-order valence-corrected chi connectivity index (χ0v) is 10.5. The number of nitrogens with one attached hydrogen (secondary N) is 1. The molecule has 0 aromatic heterocycles. The van der Waals surface area contributed by atoms with Crippen LogP contribution in [0.3, 0.4) is 0 Å². The van der Waals surface area contributed by atoms with Crippen molar-refractivity contribution in [1.82, 2.24) is 0 Å². The zero-order chi connectivity index (χ0) is 13.8. The second kappa shape index (κ2) is 5.78. The molecule has 0 saturated heterocycles. The molecule has 0 radical (unpaired) electrons. The lowest BCUT2D eigenvalue weighted by atomic mass is 10.1. The first-order valence-electron chi connectivity index (χ1n) is 6.00. The molecule has 2 aromatic carbocycles. The normalized spacial score (nSPS) is 12.2. The molecule has 0 aliphatic carbocycles. The largest absolute Gasteiger partial charge is 0.380 e. The third-order valence-corrected chi connectivity index (χ3v) is 2.79. The predicted molar refractivity (Wildman–Crippen MR) is 69.5 cm³/mol. The van der Waals surface area contributed by atoms with Gasteiger partial charge in [-0.3, -0.25) is 0 Å². The van der Waals surface area contributed by atoms with Gasteiger partial charge in [-0.1, -0.05) is 12.1 Å². The van der Waals surface area contributed by atoms with Crippen LogP contribution in [0.5, 0.6) is 0 Å². The number of halogens is 3. The SMILES string of the molecule is CC(Cc1ccc(F)cc1)Nc1cc(F)ccc1F. The molecular weight excluding hydrogens is 251 g/mol. The highest BCUT2D eigenvalue weighted by molar-refractivity contribution is 5.45. The molecule has 0 bridgehead atoms. The minimum Gasteiger partial charge on any atom is -0.380 e. The van der Waals surface area contributed by atoms with Crippen molar-refractivity contribution in [1.29, 1.82) is 0 Å². The van der Waals surface area contributed by atoms with E-state index in [-0.39, 0.29) is 17.5 Å². The van der Waals surface area contributed by atoms with E-state index < -0.39 is 11.6 Å². The first-order valence-corrected chi connectivity index (χ1v) is 6.00. The lowest BCUT2D eigenvalue weighted by molar-refractivity contribution is 0.599. The van der Waals surface area contributed by atoms with Gasteiger partial charge < -0.3 is 5.32 Å². The standard InChI is InChI=1S/C15H14F3N/c1-10(8-11-2-4-12(16)5-3-11)19-15-9-13(17)6-7-14(15)18/h2-7,9-10,19H,8H2,1H3. The summed E-state index contributed by atoms with van der Waals surface area (Å²) in [5, 5.41) is 2.91. The summed E-state index contributed by atoms with van der Waals surface area (Å²) in [4.78, 5) is 0. The smallest absolute Gasteiger partial charge is 0.146 e. The number of rotatable bonds is 4. The molecule has 0 spiro atoms. The van der Waals surface area contributed by atoms with Gasteiger partial charge in [-0.25, -0.2) is 13.2 Å². The highest BCUT2D eigenvalue weighted by Gasteiger charge is 2.08. The quantitative estimate of drug-likeness (QED) is 0.875. The molecule has 2 aromatic rings. The maximum absolute atomic E-state index is 13.4. The Morgan fingerprint density at radius 2 is 1.58 bits per heavy atom. The molecule has 2 rings (SSSR count). The molecule has 0 aliphatic heterocycles. The Bertz CT molecular complexity index is 552. The Morgan fingerprint density at radius 1 is 0.947 bits per heavy atom. The van der Waals surface area contributed by atoms with E-state index >= 15 is 0 Å². The van der Waals surface area contributed by atoms with Crippen LogP contribution in [0.1, 0.15) is 12.5 Å². The van der Waals surface area contributed by atoms with Crippen LogP contribution in [0, 0.1) is 17.5 Å². The Balaban J connectivity index is 2.02. The molecule has 1 unspecified atom stereocenters. The Labute approximate surface area is 110 Å². The molecular formula is C15H14F3N. The molecule has 4 heteroatoms. The van der Waals surface area contributed by atoms with Crippen molar-refractivity contribution in [3.05, 3.63) is 65.5 Å². The van der Waals surface area contributed by atoms with E-state index in [9.17, 15) is 13.2 Å². The fourth-order valence-corrected chi connectivity index (χ4v) is 1.90. The van der Waals surface area contributed by atoms with Crippen LogP contribution in [-0.2, 0) is 6.42 Å². The van der Waals surface area contributed by atoms with E-state index in [2.05, 4.69) is 5.32 Å². The van der Waals surface area contributed by atoms with Crippen molar-refractivity contribution >= 4 is 5.69 Å². The van der Waals surface area contributed by atoms with Crippen molar-refractivity contribution in [3.63, 3.8) is 0 Å². The van der Waals surface area contributed by atoms with Crippen LogP contribution in [-0.4, -0.2) is 6.04 Å². The van der Waals surface area contributed by atoms with Crippen molar-refractivity contribution in [2.45, 2.75) is 19.4 Å². The van der Waals surface area contributed by atoms with E-state index in [1.165, 1.54) is 12.1 Å². The van der Waals surface area contributed by atoms with E-state index in [1.54, 1.807) is 12.1 Å². The summed E-state index contributed by atoms with van der Waals surface area (Å²) >= 11 is 0. The summed E-state index contributed by atoms with van der Waals surface area (Å²) in [6.45, 7) is 1.85. The summed E-state index contributed by atoms with van der Waals surface area (Å²) in [6, 6.07) is 9.30. The monoisotopic (exact) mass is 265 g/mol. The predicted octanol–water partition coefficient (Wildman–Crippen LogP) is 4.15. The Morgan fingerprint density at radius 3 is 2.26 bits per heavy atom. The number of hydrogen-bond donors (Lipinski definition) is 1. The summed E-state index contributed by atoms with van der Waals surface area (Å²) < 4.78 is 39.2. The van der Waals surface area contributed by atoms with E-state index in [0.717, 1.165) is 23.8 Å². The molecule has 19 heavy (non-hydrogen) atoms. The number of hydrogen-bond acceptors (Lipinski definition) is 1. The average Bonchev–Trinajstić information content (AvgIpc) is 2.37. The lowest BCUT2D eigenvalue weighted by Gasteiger charge is -2.16. The Hall–Kier alpha value is -1.97. The van der Waals surface area contributed by atoms with Gasteiger partial charge in [0.15, 0.2) is 0 Å². The molecule has 1 nitrogen and oxygen atoms in total. The van der Waals surface area contributed by atoms with Crippen LogP contribution in [0.4, 0.5) is 18.9 Å². The highest BCUT2D eigenvalue weighted by Crippen LogP contribution is 2.17. The third-order valence-electron chi connectivity index (χ3n) is 2.79. The first-order chi connectivity index (χ1) is 9.04. The van der Waals surface area contributed by atoms with Crippen molar-refractivity contribution < 1.29 is 13.2 Å². The van der Waals surface area contributed by atoms with Crippen LogP contribution in [0.15, 0.2) is 42.5 Å². The second-order valence-electron chi connectivity index (χ2n) is 4.50. The van der Waals surface area contributed by atoms with Gasteiger partial charge >= 0.3 is 0 Å². The Kier molecular flexibility index (Phi) is 4.10. The van der Waals surface area contributed by atoms with Crippen molar-refractivity contribution in [3.8, 4) is 0 Å². The molecule has 0 fully saturated rings. The molecule has 0 aliphatic rings. The van der Waals surface area contributed by atoms with Gasteiger partial charge in [-0.05, 0) is 49.2 Å². The van der Waals surface area contributed by atoms with E-state index in [0.29, 0.717) is 6.42 Å². The summed E-state index contributed by atoms with van der Waals surface area (Å²) in [7, 11) is 0. The molecule has 1 atom stereocenters. The molecule has 0 saturated carbocycles. The van der Waals surface area contributed by atoms with Crippen LogP contribution < -0.4 is 5.32 Å². The van der Waals surface area contributed by atoms with Gasteiger partial charge in [0, 0.05) is 6.04 Å². The molecule has 100 valence electrons. The van der Waals surface area contributed by atoms with Gasteiger partial charge in [-0.2, -0.15) is 0 Å². The minimum absolute atomic E-state index is 0.0956. The molecule has 0 amide bonds. The van der Waals surface area contributed by atoms with Crippen molar-refractivity contribution in [2.24, 2.45) is 0 Å². The lowest BCUT2D eigenvalue weighted by Crippen LogP contribution is -2.19. The van der Waals surface area contributed by atoms with Crippen LogP contribution in [0.25, 0.3) is 0 Å². The van der Waals surface area contributed by atoms with Gasteiger partial charge in [0.25, 0.3) is 0 Å². The van der Waals surface area contributed by atoms with Crippen LogP contribution >= 0.6 is 0 Å². The van der Waals surface area contributed by atoms with E-state index in [1.807, 2.05) is 6.92 Å². The van der Waals surface area contributed by atoms with Crippen molar-refractivity contribution in [2.75, 3.05) is 5.32 Å². The van der Waals surface area contributed by atoms with Gasteiger partial charge in [-0.15, -0.1) is 0 Å². The minimum atomic E-state index is -0.493. The average molecular weight is 265 g/mol. The number of anilines is 1. The van der Waals surface area contributed by atoms with Gasteiger partial charge in [0.1, 0.15) is 17.5 Å². The molecule has 0 heterocycles. The first kappa shape index (κ1) is 13.5. The maximum Gasteiger partial charge on any atom is 0.146 e. The molecule has 1 N–H and O–H groups in total. The fourth-order valence-electron chi connectivity index (χ4n) is 1.90. The topological polar surface area (TPSA) is 12.0 Å². The third kappa shape index (κ3) is 3.74. The van der Waals surface area contributed by atoms with E-state index in [4.69, 9.17) is 0 Å². The number of benzene rings is 2. The second-order valence-corrected chi connectivity index (χ2v) is 4.50. The zero-order valence-electron chi connectivity index (χ0n) is 10.5. The summed E-state index contributed by atoms with van der Waals surface area (Å²) in [6.07, 6.45) is 0.593. The highest BCUT2D eigenvalue weighted by atomic mass is 19.1.